The summed E-state index contributed by atoms with van der Waals surface area (Å²) in [5, 5.41) is 4.03. The van der Waals surface area contributed by atoms with E-state index in [2.05, 4.69) is 17.1 Å². The summed E-state index contributed by atoms with van der Waals surface area (Å²) >= 11 is 0. The molecule has 0 amide bonds. The maximum atomic E-state index is 4.03. The summed E-state index contributed by atoms with van der Waals surface area (Å²) in [4.78, 5) is 2.75. The zero-order chi connectivity index (χ0) is 13.1. The molecular weight excluding hydrogens is 232 g/mol. The third-order valence-electron chi connectivity index (χ3n) is 5.94. The first-order chi connectivity index (χ1) is 9.34. The van der Waals surface area contributed by atoms with Gasteiger partial charge in [0.05, 0.1) is 0 Å². The molecule has 1 N–H and O–H groups in total. The summed E-state index contributed by atoms with van der Waals surface area (Å²) in [5.41, 5.74) is 0. The Morgan fingerprint density at radius 3 is 2.37 bits per heavy atom. The van der Waals surface area contributed by atoms with Gasteiger partial charge in [-0.25, -0.2) is 0 Å². The molecule has 2 heterocycles. The van der Waals surface area contributed by atoms with Crippen molar-refractivity contribution >= 4 is 0 Å². The highest BCUT2D eigenvalue weighted by Crippen LogP contribution is 2.30. The molecule has 3 rings (SSSR count). The van der Waals surface area contributed by atoms with Crippen molar-refractivity contribution in [2.75, 3.05) is 13.1 Å². The Kier molecular flexibility index (Phi) is 4.81. The number of fused-ring (bicyclic) bond motifs is 1. The van der Waals surface area contributed by atoms with E-state index in [1.165, 1.54) is 77.3 Å². The van der Waals surface area contributed by atoms with Crippen LogP contribution in [0.4, 0.5) is 0 Å². The van der Waals surface area contributed by atoms with Crippen LogP contribution in [0.2, 0.25) is 0 Å². The van der Waals surface area contributed by atoms with Crippen molar-refractivity contribution in [1.82, 2.24) is 10.2 Å². The number of nitrogens with zero attached hydrogens (tertiary/aromatic N) is 1. The average Bonchev–Trinajstić information content (AvgIpc) is 2.66. The van der Waals surface area contributed by atoms with Crippen molar-refractivity contribution in [2.24, 2.45) is 5.92 Å². The second-order valence-electron chi connectivity index (χ2n) is 7.20. The van der Waals surface area contributed by atoms with Crippen LogP contribution in [-0.2, 0) is 0 Å². The fraction of sp³-hybridized carbons (Fsp3) is 1.00. The Morgan fingerprint density at radius 2 is 1.58 bits per heavy atom. The van der Waals surface area contributed by atoms with Crippen molar-refractivity contribution in [1.29, 1.82) is 0 Å². The zero-order valence-electron chi connectivity index (χ0n) is 12.7. The van der Waals surface area contributed by atoms with Crippen molar-refractivity contribution in [2.45, 2.75) is 89.3 Å². The normalized spacial score (nSPS) is 35.8. The smallest absolute Gasteiger partial charge is 0.0249 e. The molecule has 2 saturated heterocycles. The predicted octanol–water partition coefficient (Wildman–Crippen LogP) is 3.56. The average molecular weight is 264 g/mol. The molecule has 2 heteroatoms. The van der Waals surface area contributed by atoms with E-state index in [0.29, 0.717) is 0 Å². The van der Waals surface area contributed by atoms with Gasteiger partial charge in [-0.05, 0) is 51.5 Å². The molecule has 1 saturated carbocycles. The monoisotopic (exact) mass is 264 g/mol. The van der Waals surface area contributed by atoms with E-state index in [1.807, 2.05) is 0 Å². The molecule has 110 valence electrons. The van der Waals surface area contributed by atoms with Crippen molar-refractivity contribution in [3.63, 3.8) is 0 Å². The molecule has 2 unspecified atom stereocenters. The number of hydrogen-bond acceptors (Lipinski definition) is 2. The molecule has 3 fully saturated rings. The molecule has 3 atom stereocenters. The van der Waals surface area contributed by atoms with Gasteiger partial charge in [-0.2, -0.15) is 0 Å². The van der Waals surface area contributed by atoms with Crippen molar-refractivity contribution in [3.05, 3.63) is 0 Å². The summed E-state index contributed by atoms with van der Waals surface area (Å²) in [6, 6.07) is 2.39. The van der Waals surface area contributed by atoms with E-state index in [4.69, 9.17) is 0 Å². The first kappa shape index (κ1) is 13.9. The molecule has 0 radical (unpaired) electrons. The van der Waals surface area contributed by atoms with Gasteiger partial charge in [0.25, 0.3) is 0 Å². The van der Waals surface area contributed by atoms with Gasteiger partial charge in [0.2, 0.25) is 0 Å². The van der Waals surface area contributed by atoms with E-state index in [-0.39, 0.29) is 0 Å². The Morgan fingerprint density at radius 1 is 0.842 bits per heavy atom. The van der Waals surface area contributed by atoms with Gasteiger partial charge in [0, 0.05) is 24.7 Å². The fourth-order valence-corrected chi connectivity index (χ4v) is 4.73. The molecule has 0 aromatic rings. The highest BCUT2D eigenvalue weighted by molar-refractivity contribution is 4.95. The summed E-state index contributed by atoms with van der Waals surface area (Å²) in [6.07, 6.45) is 14.5. The lowest BCUT2D eigenvalue weighted by Crippen LogP contribution is -2.49. The lowest BCUT2D eigenvalue weighted by atomic mass is 9.91. The third kappa shape index (κ3) is 3.33. The van der Waals surface area contributed by atoms with Crippen LogP contribution in [0.25, 0.3) is 0 Å². The lowest BCUT2D eigenvalue weighted by Gasteiger charge is -2.35. The van der Waals surface area contributed by atoms with E-state index >= 15 is 0 Å². The highest BCUT2D eigenvalue weighted by Gasteiger charge is 2.36. The minimum absolute atomic E-state index is 0.741. The number of rotatable bonds is 3. The van der Waals surface area contributed by atoms with Gasteiger partial charge in [-0.15, -0.1) is 0 Å². The molecule has 0 spiro atoms. The molecule has 1 aliphatic carbocycles. The molecule has 2 aliphatic heterocycles. The highest BCUT2D eigenvalue weighted by atomic mass is 15.2. The van der Waals surface area contributed by atoms with Gasteiger partial charge in [0.15, 0.2) is 0 Å². The fourth-order valence-electron chi connectivity index (χ4n) is 4.73. The van der Waals surface area contributed by atoms with Gasteiger partial charge < -0.3 is 5.32 Å². The topological polar surface area (TPSA) is 15.3 Å². The number of hydrogen-bond donors (Lipinski definition) is 1. The van der Waals surface area contributed by atoms with Gasteiger partial charge >= 0.3 is 0 Å². The van der Waals surface area contributed by atoms with Crippen LogP contribution in [0.3, 0.4) is 0 Å². The molecule has 3 aliphatic rings. The molecular formula is C17H32N2. The second kappa shape index (κ2) is 6.58. The van der Waals surface area contributed by atoms with E-state index in [0.717, 1.165) is 24.0 Å². The Balaban J connectivity index is 1.52. The summed E-state index contributed by atoms with van der Waals surface area (Å²) < 4.78 is 0. The zero-order valence-corrected chi connectivity index (χ0v) is 12.7. The van der Waals surface area contributed by atoms with Crippen LogP contribution in [0.15, 0.2) is 0 Å². The van der Waals surface area contributed by atoms with Crippen LogP contribution < -0.4 is 5.32 Å². The minimum Gasteiger partial charge on any atom is -0.310 e. The predicted molar refractivity (Wildman–Crippen MR) is 81.4 cm³/mol. The van der Waals surface area contributed by atoms with Crippen molar-refractivity contribution in [3.8, 4) is 0 Å². The maximum absolute atomic E-state index is 4.03. The van der Waals surface area contributed by atoms with Crippen molar-refractivity contribution < 1.29 is 0 Å². The quantitative estimate of drug-likeness (QED) is 0.784. The largest absolute Gasteiger partial charge is 0.310 e. The first-order valence-electron chi connectivity index (χ1n) is 8.85. The van der Waals surface area contributed by atoms with Crippen LogP contribution in [-0.4, -0.2) is 36.1 Å². The number of nitrogens with one attached hydrogen (secondary N) is 1. The van der Waals surface area contributed by atoms with Crippen LogP contribution in [0, 0.1) is 5.92 Å². The maximum Gasteiger partial charge on any atom is 0.0249 e. The van der Waals surface area contributed by atoms with Gasteiger partial charge in [-0.3, -0.25) is 4.90 Å². The Hall–Kier alpha value is -0.0800. The summed E-state index contributed by atoms with van der Waals surface area (Å²) in [6.45, 7) is 5.17. The summed E-state index contributed by atoms with van der Waals surface area (Å²) in [5.74, 6) is 0.945. The van der Waals surface area contributed by atoms with E-state index in [9.17, 15) is 0 Å². The first-order valence-corrected chi connectivity index (χ1v) is 8.85. The molecule has 0 aromatic heterocycles. The van der Waals surface area contributed by atoms with E-state index in [1.54, 1.807) is 0 Å². The number of piperidine rings is 1. The molecule has 19 heavy (non-hydrogen) atoms. The lowest BCUT2D eigenvalue weighted by molar-refractivity contribution is 0.171. The van der Waals surface area contributed by atoms with Crippen LogP contribution in [0.5, 0.6) is 0 Å². The standard InChI is InChI=1S/C17H32N2/c1-14(15-8-4-2-3-5-9-15)18-16-11-13-19-12-7-6-10-17(16)19/h14-18H,2-13H2,1H3/t14-,16?,17?/m1/s1. The second-order valence-corrected chi connectivity index (χ2v) is 7.20. The van der Waals surface area contributed by atoms with Gasteiger partial charge in [-0.1, -0.05) is 32.1 Å². The molecule has 0 aromatic carbocycles. The van der Waals surface area contributed by atoms with Crippen LogP contribution >= 0.6 is 0 Å². The molecule has 0 bridgehead atoms. The Bertz CT molecular complexity index is 270. The minimum atomic E-state index is 0.741. The SMILES string of the molecule is C[C@@H](NC1CCN2CCCCC12)C1CCCCCC1. The van der Waals surface area contributed by atoms with Crippen LogP contribution in [0.1, 0.15) is 71.1 Å². The van der Waals surface area contributed by atoms with Gasteiger partial charge in [0.1, 0.15) is 0 Å². The molecule has 2 nitrogen and oxygen atoms in total. The third-order valence-corrected chi connectivity index (χ3v) is 5.94. The Labute approximate surface area is 119 Å². The summed E-state index contributed by atoms with van der Waals surface area (Å²) in [7, 11) is 0. The van der Waals surface area contributed by atoms with E-state index < -0.39 is 0 Å².